The van der Waals surface area contributed by atoms with Crippen LogP contribution in [0.25, 0.3) is 0 Å². The van der Waals surface area contributed by atoms with Crippen LogP contribution in [0.2, 0.25) is 0 Å². The summed E-state index contributed by atoms with van der Waals surface area (Å²) in [4.78, 5) is 0. The third-order valence-electron chi connectivity index (χ3n) is 2.39. The summed E-state index contributed by atoms with van der Waals surface area (Å²) in [6.45, 7) is 7.18. The van der Waals surface area contributed by atoms with Gasteiger partial charge < -0.3 is 10.4 Å². The number of rotatable bonds is 8. The minimum absolute atomic E-state index is 0.170. The maximum atomic E-state index is 9.38. The van der Waals surface area contributed by atoms with Crippen molar-refractivity contribution >= 4 is 0 Å². The third kappa shape index (κ3) is 7.03. The molecule has 13 heavy (non-hydrogen) atoms. The summed E-state index contributed by atoms with van der Waals surface area (Å²) >= 11 is 0. The fourth-order valence-corrected chi connectivity index (χ4v) is 1.49. The Morgan fingerprint density at radius 2 is 1.62 bits per heavy atom. The van der Waals surface area contributed by atoms with Gasteiger partial charge in [-0.25, -0.2) is 0 Å². The topological polar surface area (TPSA) is 32.3 Å². The average Bonchev–Trinajstić information content (AvgIpc) is 2.14. The maximum Gasteiger partial charge on any atom is 0.0662 e. The van der Waals surface area contributed by atoms with Crippen molar-refractivity contribution in [3.05, 3.63) is 0 Å². The van der Waals surface area contributed by atoms with E-state index in [1.807, 2.05) is 6.92 Å². The van der Waals surface area contributed by atoms with Gasteiger partial charge in [0.1, 0.15) is 0 Å². The van der Waals surface area contributed by atoms with Gasteiger partial charge in [0.05, 0.1) is 6.10 Å². The first-order valence-electron chi connectivity index (χ1n) is 5.65. The maximum absolute atomic E-state index is 9.38. The summed E-state index contributed by atoms with van der Waals surface area (Å²) in [5.41, 5.74) is 0. The van der Waals surface area contributed by atoms with Crippen LogP contribution in [-0.2, 0) is 0 Å². The molecule has 0 saturated heterocycles. The van der Waals surface area contributed by atoms with Gasteiger partial charge in [0.25, 0.3) is 0 Å². The summed E-state index contributed by atoms with van der Waals surface area (Å²) in [5.74, 6) is 0. The molecule has 0 aromatic carbocycles. The predicted octanol–water partition coefficient (Wildman–Crippen LogP) is 2.32. The predicted molar refractivity (Wildman–Crippen MR) is 57.9 cm³/mol. The second-order valence-electron chi connectivity index (χ2n) is 3.74. The van der Waals surface area contributed by atoms with Gasteiger partial charge in [-0.05, 0) is 19.3 Å². The lowest BCUT2D eigenvalue weighted by Gasteiger charge is -2.19. The summed E-state index contributed by atoms with van der Waals surface area (Å²) < 4.78 is 0. The Kier molecular flexibility index (Phi) is 8.46. The molecule has 0 spiro atoms. The van der Waals surface area contributed by atoms with Crippen LogP contribution in [0.1, 0.15) is 52.9 Å². The first-order chi connectivity index (χ1) is 6.24. The molecule has 1 atom stereocenters. The minimum Gasteiger partial charge on any atom is -0.392 e. The van der Waals surface area contributed by atoms with Gasteiger partial charge in [0.2, 0.25) is 0 Å². The monoisotopic (exact) mass is 187 g/mol. The molecule has 0 heterocycles. The fraction of sp³-hybridized carbons (Fsp3) is 1.00. The van der Waals surface area contributed by atoms with E-state index in [1.54, 1.807) is 0 Å². The van der Waals surface area contributed by atoms with E-state index in [-0.39, 0.29) is 6.10 Å². The molecule has 0 radical (unpaired) electrons. The highest BCUT2D eigenvalue weighted by molar-refractivity contribution is 4.68. The second kappa shape index (κ2) is 8.52. The highest BCUT2D eigenvalue weighted by Gasteiger charge is 2.07. The smallest absolute Gasteiger partial charge is 0.0662 e. The van der Waals surface area contributed by atoms with Crippen LogP contribution in [-0.4, -0.2) is 23.8 Å². The normalized spacial score (nSPS) is 13.6. The van der Waals surface area contributed by atoms with Crippen molar-refractivity contribution < 1.29 is 5.11 Å². The summed E-state index contributed by atoms with van der Waals surface area (Å²) in [7, 11) is 0. The molecule has 2 nitrogen and oxygen atoms in total. The van der Waals surface area contributed by atoms with Gasteiger partial charge in [0.15, 0.2) is 0 Å². The van der Waals surface area contributed by atoms with Crippen molar-refractivity contribution in [2.24, 2.45) is 0 Å². The van der Waals surface area contributed by atoms with Gasteiger partial charge in [-0.1, -0.05) is 33.6 Å². The zero-order valence-electron chi connectivity index (χ0n) is 9.34. The third-order valence-corrected chi connectivity index (χ3v) is 2.39. The molecule has 0 saturated carbocycles. The van der Waals surface area contributed by atoms with Crippen LogP contribution in [0, 0.1) is 0 Å². The largest absolute Gasteiger partial charge is 0.392 e. The van der Waals surface area contributed by atoms with Crippen molar-refractivity contribution in [1.82, 2.24) is 5.32 Å². The molecule has 0 aliphatic rings. The Hall–Kier alpha value is -0.0800. The molecule has 2 heteroatoms. The average molecular weight is 187 g/mol. The number of aliphatic hydroxyl groups is 1. The Labute approximate surface area is 82.7 Å². The molecular weight excluding hydrogens is 162 g/mol. The first kappa shape index (κ1) is 12.9. The summed E-state index contributed by atoms with van der Waals surface area (Å²) in [6, 6.07) is 0.608. The van der Waals surface area contributed by atoms with Crippen LogP contribution in [0.4, 0.5) is 0 Å². The number of hydrogen-bond acceptors (Lipinski definition) is 2. The number of aliphatic hydroxyl groups excluding tert-OH is 1. The molecule has 0 amide bonds. The van der Waals surface area contributed by atoms with E-state index in [0.29, 0.717) is 6.04 Å². The van der Waals surface area contributed by atoms with Gasteiger partial charge in [-0.15, -0.1) is 0 Å². The van der Waals surface area contributed by atoms with E-state index in [0.717, 1.165) is 13.0 Å². The fourth-order valence-electron chi connectivity index (χ4n) is 1.49. The lowest BCUT2D eigenvalue weighted by atomic mass is 10.1. The van der Waals surface area contributed by atoms with Crippen LogP contribution in [0.3, 0.4) is 0 Å². The lowest BCUT2D eigenvalue weighted by Crippen LogP contribution is -2.35. The lowest BCUT2D eigenvalue weighted by molar-refractivity contribution is 0.161. The molecule has 2 N–H and O–H groups in total. The van der Waals surface area contributed by atoms with Crippen molar-refractivity contribution in [3.8, 4) is 0 Å². The number of hydrogen-bond donors (Lipinski definition) is 2. The van der Waals surface area contributed by atoms with E-state index in [4.69, 9.17) is 0 Å². The SMILES string of the molecule is CCCC(CCC)NCC(O)CC. The number of nitrogens with one attached hydrogen (secondary N) is 1. The van der Waals surface area contributed by atoms with Crippen LogP contribution >= 0.6 is 0 Å². The van der Waals surface area contributed by atoms with Crippen LogP contribution < -0.4 is 5.32 Å². The van der Waals surface area contributed by atoms with Crippen LogP contribution in [0.5, 0.6) is 0 Å². The van der Waals surface area contributed by atoms with E-state index < -0.39 is 0 Å². The van der Waals surface area contributed by atoms with Crippen molar-refractivity contribution in [2.45, 2.75) is 65.0 Å². The van der Waals surface area contributed by atoms with Crippen molar-refractivity contribution in [2.75, 3.05) is 6.54 Å². The molecule has 0 aromatic rings. The zero-order chi connectivity index (χ0) is 10.1. The molecular formula is C11H25NO. The molecule has 0 fully saturated rings. The van der Waals surface area contributed by atoms with Crippen LogP contribution in [0.15, 0.2) is 0 Å². The summed E-state index contributed by atoms with van der Waals surface area (Å²) in [6.07, 6.45) is 5.57. The quantitative estimate of drug-likeness (QED) is 0.611. The standard InChI is InChI=1S/C11H25NO/c1-4-7-10(8-5-2)12-9-11(13)6-3/h10-13H,4-9H2,1-3H3. The molecule has 1 unspecified atom stereocenters. The van der Waals surface area contributed by atoms with E-state index >= 15 is 0 Å². The van der Waals surface area contributed by atoms with Crippen molar-refractivity contribution in [3.63, 3.8) is 0 Å². The van der Waals surface area contributed by atoms with Gasteiger partial charge in [0, 0.05) is 12.6 Å². The molecule has 0 bridgehead atoms. The van der Waals surface area contributed by atoms with E-state index in [1.165, 1.54) is 25.7 Å². The van der Waals surface area contributed by atoms with Crippen molar-refractivity contribution in [1.29, 1.82) is 0 Å². The molecule has 0 aliphatic carbocycles. The van der Waals surface area contributed by atoms with Gasteiger partial charge >= 0.3 is 0 Å². The molecule has 0 aliphatic heterocycles. The van der Waals surface area contributed by atoms with E-state index in [9.17, 15) is 5.11 Å². The Morgan fingerprint density at radius 3 is 2.00 bits per heavy atom. The Bertz CT molecular complexity index is 100. The van der Waals surface area contributed by atoms with Gasteiger partial charge in [-0.3, -0.25) is 0 Å². The summed E-state index contributed by atoms with van der Waals surface area (Å²) in [5, 5.41) is 12.8. The zero-order valence-corrected chi connectivity index (χ0v) is 9.34. The van der Waals surface area contributed by atoms with Gasteiger partial charge in [-0.2, -0.15) is 0 Å². The highest BCUT2D eigenvalue weighted by atomic mass is 16.3. The molecule has 0 aromatic heterocycles. The Morgan fingerprint density at radius 1 is 1.08 bits per heavy atom. The Balaban J connectivity index is 3.55. The molecule has 0 rings (SSSR count). The second-order valence-corrected chi connectivity index (χ2v) is 3.74. The minimum atomic E-state index is -0.170. The highest BCUT2D eigenvalue weighted by Crippen LogP contribution is 2.04. The molecule has 80 valence electrons. The first-order valence-corrected chi connectivity index (χ1v) is 5.65. The van der Waals surface area contributed by atoms with E-state index in [2.05, 4.69) is 19.2 Å².